The minimum atomic E-state index is -0.413. The molecule has 0 radical (unpaired) electrons. The maximum atomic E-state index is 9.78. The second kappa shape index (κ2) is 5.94. The van der Waals surface area contributed by atoms with Crippen molar-refractivity contribution in [1.82, 2.24) is 4.98 Å². The van der Waals surface area contributed by atoms with E-state index < -0.39 is 6.10 Å². The Bertz CT molecular complexity index is 738. The van der Waals surface area contributed by atoms with Gasteiger partial charge in [-0.2, -0.15) is 0 Å². The fourth-order valence-electron chi connectivity index (χ4n) is 2.24. The maximum absolute atomic E-state index is 9.78. The van der Waals surface area contributed by atoms with Crippen molar-refractivity contribution >= 4 is 10.9 Å². The van der Waals surface area contributed by atoms with Gasteiger partial charge in [-0.1, -0.05) is 25.1 Å². The Morgan fingerprint density at radius 1 is 1.05 bits per heavy atom. The molecule has 0 spiro atoms. The first-order chi connectivity index (χ1) is 10.3. The fraction of sp³-hybridized carbons (Fsp3) is 0.167. The first kappa shape index (κ1) is 13.6. The number of nitrogens with zero attached hydrogens (tertiary/aromatic N) is 1. The molecule has 0 aliphatic carbocycles. The van der Waals surface area contributed by atoms with Gasteiger partial charge in [0, 0.05) is 17.6 Å². The van der Waals surface area contributed by atoms with E-state index in [-0.39, 0.29) is 0 Å². The van der Waals surface area contributed by atoms with Crippen molar-refractivity contribution in [2.24, 2.45) is 0 Å². The zero-order chi connectivity index (χ0) is 14.7. The van der Waals surface area contributed by atoms with Crippen LogP contribution in [-0.2, 0) is 0 Å². The zero-order valence-electron chi connectivity index (χ0n) is 11.9. The normalized spacial score (nSPS) is 12.3. The van der Waals surface area contributed by atoms with Gasteiger partial charge >= 0.3 is 0 Å². The van der Waals surface area contributed by atoms with Crippen LogP contribution < -0.4 is 4.74 Å². The average Bonchev–Trinajstić information content (AvgIpc) is 2.55. The van der Waals surface area contributed by atoms with Crippen molar-refractivity contribution in [3.8, 4) is 11.5 Å². The molecule has 0 bridgehead atoms. The van der Waals surface area contributed by atoms with Crippen LogP contribution in [0.25, 0.3) is 10.9 Å². The molecule has 1 N–H and O–H groups in total. The van der Waals surface area contributed by atoms with E-state index in [0.717, 1.165) is 28.0 Å². The molecule has 106 valence electrons. The Labute approximate surface area is 123 Å². The quantitative estimate of drug-likeness (QED) is 0.766. The molecule has 3 aromatic rings. The van der Waals surface area contributed by atoms with Crippen LogP contribution in [0.2, 0.25) is 0 Å². The van der Waals surface area contributed by atoms with Crippen LogP contribution in [0, 0.1) is 0 Å². The summed E-state index contributed by atoms with van der Waals surface area (Å²) in [6, 6.07) is 17.3. The van der Waals surface area contributed by atoms with Gasteiger partial charge in [0.1, 0.15) is 11.5 Å². The van der Waals surface area contributed by atoms with Crippen LogP contribution >= 0.6 is 0 Å². The van der Waals surface area contributed by atoms with Crippen LogP contribution in [0.15, 0.2) is 60.8 Å². The van der Waals surface area contributed by atoms with E-state index in [0.29, 0.717) is 6.42 Å². The topological polar surface area (TPSA) is 42.4 Å². The smallest absolute Gasteiger partial charge is 0.129 e. The van der Waals surface area contributed by atoms with Crippen molar-refractivity contribution in [3.63, 3.8) is 0 Å². The molecule has 1 heterocycles. The second-order valence-corrected chi connectivity index (χ2v) is 4.95. The Morgan fingerprint density at radius 3 is 2.57 bits per heavy atom. The largest absolute Gasteiger partial charge is 0.457 e. The number of hydrogen-bond acceptors (Lipinski definition) is 3. The summed E-state index contributed by atoms with van der Waals surface area (Å²) >= 11 is 0. The number of aliphatic hydroxyl groups is 1. The summed E-state index contributed by atoms with van der Waals surface area (Å²) in [5, 5.41) is 10.9. The van der Waals surface area contributed by atoms with Crippen LogP contribution in [0.5, 0.6) is 11.5 Å². The van der Waals surface area contributed by atoms with Crippen molar-refractivity contribution in [2.45, 2.75) is 19.4 Å². The summed E-state index contributed by atoms with van der Waals surface area (Å²) < 4.78 is 5.83. The van der Waals surface area contributed by atoms with Crippen LogP contribution in [0.3, 0.4) is 0 Å². The molecule has 0 amide bonds. The van der Waals surface area contributed by atoms with Crippen LogP contribution in [0.1, 0.15) is 25.0 Å². The highest BCUT2D eigenvalue weighted by molar-refractivity contribution is 5.79. The molecule has 3 nitrogen and oxygen atoms in total. The lowest BCUT2D eigenvalue weighted by molar-refractivity contribution is 0.173. The van der Waals surface area contributed by atoms with Crippen molar-refractivity contribution < 1.29 is 9.84 Å². The lowest BCUT2D eigenvalue weighted by Crippen LogP contribution is -1.94. The molecule has 0 saturated heterocycles. The Hall–Kier alpha value is -2.39. The van der Waals surface area contributed by atoms with E-state index >= 15 is 0 Å². The summed E-state index contributed by atoms with van der Waals surface area (Å²) in [6.07, 6.45) is 2.06. The van der Waals surface area contributed by atoms with Gasteiger partial charge in [-0.25, -0.2) is 0 Å². The molecule has 0 aliphatic rings. The molecule has 2 aromatic carbocycles. The summed E-state index contributed by atoms with van der Waals surface area (Å²) in [6.45, 7) is 1.96. The second-order valence-electron chi connectivity index (χ2n) is 4.95. The van der Waals surface area contributed by atoms with Gasteiger partial charge in [-0.15, -0.1) is 0 Å². The van der Waals surface area contributed by atoms with Gasteiger partial charge < -0.3 is 9.84 Å². The lowest BCUT2D eigenvalue weighted by Gasteiger charge is -2.10. The van der Waals surface area contributed by atoms with Gasteiger partial charge in [-0.05, 0) is 42.3 Å². The molecular formula is C18H17NO2. The molecule has 21 heavy (non-hydrogen) atoms. The van der Waals surface area contributed by atoms with Gasteiger partial charge in [-0.3, -0.25) is 4.98 Å². The van der Waals surface area contributed by atoms with Crippen molar-refractivity contribution in [3.05, 3.63) is 66.4 Å². The highest BCUT2D eigenvalue weighted by Crippen LogP contribution is 2.26. The molecule has 0 unspecified atom stereocenters. The zero-order valence-corrected chi connectivity index (χ0v) is 11.9. The minimum Gasteiger partial charge on any atom is -0.457 e. The summed E-state index contributed by atoms with van der Waals surface area (Å²) in [5.41, 5.74) is 1.82. The Balaban J connectivity index is 1.81. The molecule has 0 aliphatic heterocycles. The number of aromatic nitrogens is 1. The lowest BCUT2D eigenvalue weighted by atomic mass is 10.1. The number of benzene rings is 2. The predicted molar refractivity (Wildman–Crippen MR) is 83.5 cm³/mol. The number of rotatable bonds is 4. The third-order valence-electron chi connectivity index (χ3n) is 3.46. The molecule has 3 rings (SSSR count). The van der Waals surface area contributed by atoms with Crippen LogP contribution in [0.4, 0.5) is 0 Å². The molecule has 0 fully saturated rings. The van der Waals surface area contributed by atoms with Gasteiger partial charge in [0.2, 0.25) is 0 Å². The summed E-state index contributed by atoms with van der Waals surface area (Å²) in [7, 11) is 0. The van der Waals surface area contributed by atoms with Crippen LogP contribution in [-0.4, -0.2) is 10.1 Å². The van der Waals surface area contributed by atoms with E-state index in [1.165, 1.54) is 0 Å². The van der Waals surface area contributed by atoms with Gasteiger partial charge in [0.05, 0.1) is 11.6 Å². The number of aliphatic hydroxyl groups excluding tert-OH is 1. The van der Waals surface area contributed by atoms with E-state index in [1.54, 1.807) is 6.20 Å². The Morgan fingerprint density at radius 2 is 1.81 bits per heavy atom. The summed E-state index contributed by atoms with van der Waals surface area (Å²) in [4.78, 5) is 4.32. The molecule has 3 heteroatoms. The first-order valence-electron chi connectivity index (χ1n) is 7.07. The third-order valence-corrected chi connectivity index (χ3v) is 3.46. The molecular weight excluding hydrogens is 262 g/mol. The predicted octanol–water partition coefficient (Wildman–Crippen LogP) is 4.47. The van der Waals surface area contributed by atoms with E-state index in [2.05, 4.69) is 4.98 Å². The molecule has 1 atom stereocenters. The van der Waals surface area contributed by atoms with E-state index in [9.17, 15) is 5.11 Å². The van der Waals surface area contributed by atoms with Gasteiger partial charge in [0.15, 0.2) is 0 Å². The Kier molecular flexibility index (Phi) is 3.84. The number of hydrogen-bond donors (Lipinski definition) is 1. The van der Waals surface area contributed by atoms with E-state index in [4.69, 9.17) is 4.74 Å². The summed E-state index contributed by atoms with van der Waals surface area (Å²) in [5.74, 6) is 1.50. The SMILES string of the molecule is CC[C@@H](O)c1ccc(Oc2ccc3cccnc3c2)cc1. The third kappa shape index (κ3) is 3.03. The highest BCUT2D eigenvalue weighted by Gasteiger charge is 2.05. The molecule has 0 saturated carbocycles. The standard InChI is InChI=1S/C18H17NO2/c1-2-18(20)14-6-8-15(9-7-14)21-16-10-5-13-4-3-11-19-17(13)12-16/h3-12,18,20H,2H2,1H3/t18-/m1/s1. The number of ether oxygens (including phenoxy) is 1. The van der Waals surface area contributed by atoms with Crippen molar-refractivity contribution in [2.75, 3.05) is 0 Å². The average molecular weight is 279 g/mol. The highest BCUT2D eigenvalue weighted by atomic mass is 16.5. The maximum Gasteiger partial charge on any atom is 0.129 e. The van der Waals surface area contributed by atoms with Crippen molar-refractivity contribution in [1.29, 1.82) is 0 Å². The monoisotopic (exact) mass is 279 g/mol. The molecule has 1 aromatic heterocycles. The number of pyridine rings is 1. The first-order valence-corrected chi connectivity index (χ1v) is 7.07. The minimum absolute atomic E-state index is 0.413. The van der Waals surface area contributed by atoms with Gasteiger partial charge in [0.25, 0.3) is 0 Å². The number of fused-ring (bicyclic) bond motifs is 1. The fourth-order valence-corrected chi connectivity index (χ4v) is 2.24. The van der Waals surface area contributed by atoms with E-state index in [1.807, 2.05) is 61.5 Å².